The highest BCUT2D eigenvalue weighted by molar-refractivity contribution is 5.89. The minimum Gasteiger partial charge on any atom is -0.361 e. The lowest BCUT2D eigenvalue weighted by atomic mass is 9.62. The van der Waals surface area contributed by atoms with Gasteiger partial charge in [-0.05, 0) is 53.9 Å². The van der Waals surface area contributed by atoms with Crippen molar-refractivity contribution in [3.05, 3.63) is 83.2 Å². The standard InChI is InChI=1S/C26H26N2/c1-15-12-18-22(19-14-27-20-10-6-4-8-16(19)20)25-23(24(18)26(2,3)13-15)17-9-5-7-11-21(17)28-25/h4-12,14,18,22,24,27-28H,13H2,1-3H3/t18-,22+,24-/m0/s1. The van der Waals surface area contributed by atoms with Gasteiger partial charge in [-0.3, -0.25) is 0 Å². The van der Waals surface area contributed by atoms with Crippen LogP contribution in [0.2, 0.25) is 0 Å². The largest absolute Gasteiger partial charge is 0.361 e. The third kappa shape index (κ3) is 2.03. The Morgan fingerprint density at radius 2 is 1.64 bits per heavy atom. The number of aromatic amines is 2. The first-order valence-electron chi connectivity index (χ1n) is 10.4. The van der Waals surface area contributed by atoms with Gasteiger partial charge in [0.05, 0.1) is 0 Å². The fourth-order valence-electron chi connectivity index (χ4n) is 6.38. The maximum absolute atomic E-state index is 3.84. The Kier molecular flexibility index (Phi) is 3.14. The van der Waals surface area contributed by atoms with E-state index in [4.69, 9.17) is 0 Å². The summed E-state index contributed by atoms with van der Waals surface area (Å²) in [4.78, 5) is 7.37. The van der Waals surface area contributed by atoms with Gasteiger partial charge < -0.3 is 9.97 Å². The molecule has 0 saturated carbocycles. The maximum Gasteiger partial charge on any atom is 0.0459 e. The van der Waals surface area contributed by atoms with Crippen molar-refractivity contribution in [2.75, 3.05) is 0 Å². The number of para-hydroxylation sites is 2. The highest BCUT2D eigenvalue weighted by Crippen LogP contribution is 2.62. The van der Waals surface area contributed by atoms with Gasteiger partial charge in [-0.1, -0.05) is 61.9 Å². The first kappa shape index (κ1) is 16.2. The lowest BCUT2D eigenvalue weighted by molar-refractivity contribution is 0.224. The molecule has 4 aromatic rings. The maximum atomic E-state index is 3.84. The van der Waals surface area contributed by atoms with E-state index in [2.05, 4.69) is 91.5 Å². The van der Waals surface area contributed by atoms with Gasteiger partial charge in [0.2, 0.25) is 0 Å². The summed E-state index contributed by atoms with van der Waals surface area (Å²) in [7, 11) is 0. The van der Waals surface area contributed by atoms with Crippen molar-refractivity contribution in [2.24, 2.45) is 11.3 Å². The summed E-state index contributed by atoms with van der Waals surface area (Å²) in [5, 5.41) is 2.77. The van der Waals surface area contributed by atoms with Crippen molar-refractivity contribution >= 4 is 21.8 Å². The molecule has 0 fully saturated rings. The Labute approximate surface area is 165 Å². The van der Waals surface area contributed by atoms with Crippen LogP contribution in [0.25, 0.3) is 21.8 Å². The van der Waals surface area contributed by atoms with Crippen LogP contribution < -0.4 is 0 Å². The molecule has 0 amide bonds. The highest BCUT2D eigenvalue weighted by atomic mass is 14.8. The van der Waals surface area contributed by atoms with Crippen molar-refractivity contribution in [3.8, 4) is 0 Å². The van der Waals surface area contributed by atoms with Gasteiger partial charge in [-0.25, -0.2) is 0 Å². The zero-order valence-electron chi connectivity index (χ0n) is 16.7. The summed E-state index contributed by atoms with van der Waals surface area (Å²) >= 11 is 0. The smallest absolute Gasteiger partial charge is 0.0459 e. The Balaban J connectivity index is 1.68. The summed E-state index contributed by atoms with van der Waals surface area (Å²) in [5.74, 6) is 1.42. The predicted octanol–water partition coefficient (Wildman–Crippen LogP) is 6.87. The summed E-state index contributed by atoms with van der Waals surface area (Å²) in [6, 6.07) is 17.6. The van der Waals surface area contributed by atoms with Crippen LogP contribution in [-0.2, 0) is 0 Å². The quantitative estimate of drug-likeness (QED) is 0.344. The Morgan fingerprint density at radius 3 is 2.46 bits per heavy atom. The van der Waals surface area contributed by atoms with Crippen LogP contribution in [-0.4, -0.2) is 9.97 Å². The van der Waals surface area contributed by atoms with Crippen LogP contribution in [0.4, 0.5) is 0 Å². The molecule has 0 bridgehead atoms. The molecule has 0 unspecified atom stereocenters. The van der Waals surface area contributed by atoms with Crippen molar-refractivity contribution in [1.82, 2.24) is 9.97 Å². The molecular formula is C26H26N2. The lowest BCUT2D eigenvalue weighted by Gasteiger charge is -2.41. The number of rotatable bonds is 1. The van der Waals surface area contributed by atoms with Crippen molar-refractivity contribution in [1.29, 1.82) is 0 Å². The van der Waals surface area contributed by atoms with Crippen molar-refractivity contribution < 1.29 is 0 Å². The van der Waals surface area contributed by atoms with Gasteiger partial charge in [-0.2, -0.15) is 0 Å². The topological polar surface area (TPSA) is 31.6 Å². The number of hydrogen-bond donors (Lipinski definition) is 2. The molecular weight excluding hydrogens is 340 g/mol. The van der Waals surface area contributed by atoms with E-state index >= 15 is 0 Å². The molecule has 2 heteroatoms. The third-order valence-electron chi connectivity index (χ3n) is 7.18. The van der Waals surface area contributed by atoms with E-state index in [-0.39, 0.29) is 5.41 Å². The Hall–Kier alpha value is -2.74. The summed E-state index contributed by atoms with van der Waals surface area (Å²) in [5.41, 5.74) is 8.71. The van der Waals surface area contributed by atoms with Crippen LogP contribution in [0.3, 0.4) is 0 Å². The molecule has 2 aliphatic carbocycles. The molecule has 3 atom stereocenters. The number of allylic oxidation sites excluding steroid dienone is 2. The minimum absolute atomic E-state index is 0.254. The first-order valence-corrected chi connectivity index (χ1v) is 10.4. The second kappa shape index (κ2) is 5.41. The van der Waals surface area contributed by atoms with Crippen molar-refractivity contribution in [2.45, 2.75) is 39.0 Å². The van der Waals surface area contributed by atoms with Crippen molar-refractivity contribution in [3.63, 3.8) is 0 Å². The van der Waals surface area contributed by atoms with E-state index in [0.717, 1.165) is 0 Å². The van der Waals surface area contributed by atoms with Gasteiger partial charge in [-0.15, -0.1) is 0 Å². The molecule has 2 N–H and O–H groups in total. The number of nitrogens with one attached hydrogen (secondary N) is 2. The molecule has 0 saturated heterocycles. The van der Waals surface area contributed by atoms with Gasteiger partial charge in [0.15, 0.2) is 0 Å². The molecule has 2 aromatic carbocycles. The van der Waals surface area contributed by atoms with Crippen LogP contribution in [0.5, 0.6) is 0 Å². The van der Waals surface area contributed by atoms with E-state index in [1.54, 1.807) is 5.56 Å². The Bertz CT molecular complexity index is 1250. The zero-order chi connectivity index (χ0) is 19.0. The molecule has 0 spiro atoms. The third-order valence-corrected chi connectivity index (χ3v) is 7.18. The molecule has 2 nitrogen and oxygen atoms in total. The number of benzene rings is 2. The number of fused-ring (bicyclic) bond motifs is 6. The van der Waals surface area contributed by atoms with Crippen LogP contribution in [0, 0.1) is 11.3 Å². The van der Waals surface area contributed by atoms with Gasteiger partial charge in [0.25, 0.3) is 0 Å². The molecule has 2 aliphatic rings. The highest BCUT2D eigenvalue weighted by Gasteiger charge is 2.51. The fraction of sp³-hybridized carbons (Fsp3) is 0.308. The predicted molar refractivity (Wildman–Crippen MR) is 117 cm³/mol. The average molecular weight is 367 g/mol. The molecule has 6 rings (SSSR count). The van der Waals surface area contributed by atoms with E-state index < -0.39 is 0 Å². The molecule has 2 aromatic heterocycles. The first-order chi connectivity index (χ1) is 13.5. The van der Waals surface area contributed by atoms with E-state index in [1.165, 1.54) is 45.1 Å². The minimum atomic E-state index is 0.254. The molecule has 0 radical (unpaired) electrons. The number of H-pyrrole nitrogens is 2. The van der Waals surface area contributed by atoms with E-state index in [0.29, 0.717) is 17.8 Å². The van der Waals surface area contributed by atoms with E-state index in [1.807, 2.05) is 0 Å². The zero-order valence-corrected chi connectivity index (χ0v) is 16.7. The summed E-state index contributed by atoms with van der Waals surface area (Å²) in [6.45, 7) is 7.24. The molecule has 2 heterocycles. The summed E-state index contributed by atoms with van der Waals surface area (Å²) < 4.78 is 0. The second-order valence-corrected chi connectivity index (χ2v) is 9.50. The average Bonchev–Trinajstić information content (AvgIpc) is 3.31. The summed E-state index contributed by atoms with van der Waals surface area (Å²) in [6.07, 6.45) is 6.00. The SMILES string of the molecule is CC1=C[C@H]2[C@H](c3c[nH]c4ccccc34)c3[nH]c4ccccc4c3[C@H]2C(C)(C)C1. The molecule has 28 heavy (non-hydrogen) atoms. The van der Waals surface area contributed by atoms with Crippen LogP contribution in [0.15, 0.2) is 66.4 Å². The fourth-order valence-corrected chi connectivity index (χ4v) is 6.38. The number of aromatic nitrogens is 2. The van der Waals surface area contributed by atoms with E-state index in [9.17, 15) is 0 Å². The monoisotopic (exact) mass is 366 g/mol. The normalized spacial score (nSPS) is 25.7. The number of hydrogen-bond acceptors (Lipinski definition) is 0. The van der Waals surface area contributed by atoms with Gasteiger partial charge in [0.1, 0.15) is 0 Å². The van der Waals surface area contributed by atoms with Crippen LogP contribution in [0.1, 0.15) is 55.8 Å². The molecule has 140 valence electrons. The Morgan fingerprint density at radius 1 is 0.929 bits per heavy atom. The van der Waals surface area contributed by atoms with Gasteiger partial charge >= 0.3 is 0 Å². The van der Waals surface area contributed by atoms with Crippen LogP contribution >= 0.6 is 0 Å². The second-order valence-electron chi connectivity index (χ2n) is 9.50. The van der Waals surface area contributed by atoms with Gasteiger partial charge in [0, 0.05) is 39.6 Å². The molecule has 0 aliphatic heterocycles. The lowest BCUT2D eigenvalue weighted by Crippen LogP contribution is -2.30.